The van der Waals surface area contributed by atoms with Gasteiger partial charge in [0.2, 0.25) is 15.9 Å². The van der Waals surface area contributed by atoms with Crippen LogP contribution >= 0.6 is 0 Å². The third kappa shape index (κ3) is 4.69. The molecule has 2 unspecified atom stereocenters. The van der Waals surface area contributed by atoms with E-state index in [4.69, 9.17) is 0 Å². The number of carbonyl (C=O) groups excluding carboxylic acids is 1. The van der Waals surface area contributed by atoms with E-state index in [1.807, 2.05) is 39.8 Å². The van der Waals surface area contributed by atoms with Crippen molar-refractivity contribution in [3.05, 3.63) is 64.2 Å². The van der Waals surface area contributed by atoms with E-state index in [9.17, 15) is 13.2 Å². The third-order valence-corrected chi connectivity index (χ3v) is 7.24. The molecule has 6 heteroatoms. The molecule has 1 N–H and O–H groups in total. The summed E-state index contributed by atoms with van der Waals surface area (Å²) in [5, 5.41) is 3.04. The molecule has 2 aromatic carbocycles. The quantitative estimate of drug-likeness (QED) is 0.718. The zero-order chi connectivity index (χ0) is 22.1. The number of amides is 1. The van der Waals surface area contributed by atoms with Crippen LogP contribution in [0, 0.1) is 13.8 Å². The lowest BCUT2D eigenvalue weighted by atomic mass is 10.0. The van der Waals surface area contributed by atoms with Crippen LogP contribution in [0.15, 0.2) is 36.4 Å². The summed E-state index contributed by atoms with van der Waals surface area (Å²) in [6.07, 6.45) is 4.91. The average molecular weight is 429 g/mol. The molecule has 0 bridgehead atoms. The lowest BCUT2D eigenvalue weighted by molar-refractivity contribution is -0.122. The first-order chi connectivity index (χ1) is 14.1. The Morgan fingerprint density at radius 3 is 2.40 bits per heavy atom. The van der Waals surface area contributed by atoms with E-state index in [2.05, 4.69) is 23.5 Å². The van der Waals surface area contributed by atoms with Crippen molar-refractivity contribution in [2.45, 2.75) is 65.5 Å². The van der Waals surface area contributed by atoms with E-state index in [0.717, 1.165) is 35.8 Å². The van der Waals surface area contributed by atoms with Gasteiger partial charge < -0.3 is 5.32 Å². The molecule has 0 aliphatic heterocycles. The number of sulfonamides is 1. The average Bonchev–Trinajstić information content (AvgIpc) is 3.15. The van der Waals surface area contributed by atoms with E-state index in [1.54, 1.807) is 6.07 Å². The largest absolute Gasteiger partial charge is 0.348 e. The zero-order valence-electron chi connectivity index (χ0n) is 18.5. The molecule has 0 aromatic heterocycles. The van der Waals surface area contributed by atoms with Gasteiger partial charge >= 0.3 is 0 Å². The monoisotopic (exact) mass is 428 g/mol. The highest BCUT2D eigenvalue weighted by molar-refractivity contribution is 7.92. The number of rotatable bonds is 7. The van der Waals surface area contributed by atoms with Crippen LogP contribution < -0.4 is 9.62 Å². The van der Waals surface area contributed by atoms with E-state index in [1.165, 1.54) is 21.9 Å². The Balaban J connectivity index is 1.86. The van der Waals surface area contributed by atoms with Crippen LogP contribution in [0.3, 0.4) is 0 Å². The van der Waals surface area contributed by atoms with Crippen LogP contribution in [0.4, 0.5) is 5.69 Å². The van der Waals surface area contributed by atoms with Crippen LogP contribution in [0.25, 0.3) is 0 Å². The van der Waals surface area contributed by atoms with Gasteiger partial charge in [0.15, 0.2) is 0 Å². The molecule has 162 valence electrons. The van der Waals surface area contributed by atoms with Crippen molar-refractivity contribution in [3.8, 4) is 0 Å². The van der Waals surface area contributed by atoms with Gasteiger partial charge in [0.05, 0.1) is 18.0 Å². The highest BCUT2D eigenvalue weighted by atomic mass is 32.2. The number of fused-ring (bicyclic) bond motifs is 1. The summed E-state index contributed by atoms with van der Waals surface area (Å²) in [6, 6.07) is 10.9. The maximum Gasteiger partial charge on any atom is 0.244 e. The molecular formula is C24H32N2O3S. The second-order valence-corrected chi connectivity index (χ2v) is 10.2. The Morgan fingerprint density at radius 2 is 1.77 bits per heavy atom. The summed E-state index contributed by atoms with van der Waals surface area (Å²) in [5.74, 6) is -0.283. The first-order valence-corrected chi connectivity index (χ1v) is 12.5. The van der Waals surface area contributed by atoms with Gasteiger partial charge in [0.1, 0.15) is 6.04 Å². The summed E-state index contributed by atoms with van der Waals surface area (Å²) in [6.45, 7) is 7.70. The normalized spacial score (nSPS) is 15.4. The number of anilines is 1. The molecule has 0 fully saturated rings. The number of hydrogen-bond donors (Lipinski definition) is 1. The minimum absolute atomic E-state index is 0.196. The summed E-state index contributed by atoms with van der Waals surface area (Å²) < 4.78 is 26.6. The minimum atomic E-state index is -3.64. The number of nitrogens with zero attached hydrogens (tertiary/aromatic N) is 1. The van der Waals surface area contributed by atoms with Gasteiger partial charge in [0.25, 0.3) is 0 Å². The first-order valence-electron chi connectivity index (χ1n) is 10.6. The number of hydrogen-bond acceptors (Lipinski definition) is 3. The van der Waals surface area contributed by atoms with Gasteiger partial charge in [-0.1, -0.05) is 31.2 Å². The number of benzene rings is 2. The highest BCUT2D eigenvalue weighted by Crippen LogP contribution is 2.27. The van der Waals surface area contributed by atoms with Gasteiger partial charge in [-0.2, -0.15) is 0 Å². The molecule has 1 aliphatic rings. The second kappa shape index (κ2) is 8.80. The van der Waals surface area contributed by atoms with E-state index in [-0.39, 0.29) is 11.9 Å². The van der Waals surface area contributed by atoms with Crippen LogP contribution in [0.5, 0.6) is 0 Å². The molecule has 0 radical (unpaired) electrons. The number of nitrogens with one attached hydrogen (secondary N) is 1. The molecule has 5 nitrogen and oxygen atoms in total. The molecule has 0 saturated carbocycles. The van der Waals surface area contributed by atoms with Crippen molar-refractivity contribution in [1.29, 1.82) is 0 Å². The van der Waals surface area contributed by atoms with Crippen LogP contribution in [0.2, 0.25) is 0 Å². The predicted octanol–water partition coefficient (Wildman–Crippen LogP) is 4.21. The zero-order valence-corrected chi connectivity index (χ0v) is 19.3. The molecule has 2 atom stereocenters. The fraction of sp³-hybridized carbons (Fsp3) is 0.458. The molecule has 0 saturated heterocycles. The second-order valence-electron chi connectivity index (χ2n) is 8.36. The topological polar surface area (TPSA) is 66.5 Å². The molecule has 0 heterocycles. The maximum atomic E-state index is 13.2. The van der Waals surface area contributed by atoms with E-state index >= 15 is 0 Å². The highest BCUT2D eigenvalue weighted by Gasteiger charge is 2.32. The standard InChI is InChI=1S/C24H32N2O3S/c1-6-23(26(30(5,28)29)22-13-10-16(2)17(3)14-22)24(27)25-18(4)20-12-11-19-8-7-9-21(19)15-20/h10-15,18,23H,6-9H2,1-5H3,(H,25,27). The van der Waals surface area contributed by atoms with Gasteiger partial charge in [-0.25, -0.2) is 8.42 Å². The smallest absolute Gasteiger partial charge is 0.244 e. The van der Waals surface area contributed by atoms with Crippen molar-refractivity contribution in [1.82, 2.24) is 5.32 Å². The Morgan fingerprint density at radius 1 is 1.07 bits per heavy atom. The van der Waals surface area contributed by atoms with Crippen LogP contribution in [0.1, 0.15) is 60.5 Å². The molecule has 2 aromatic rings. The predicted molar refractivity (Wildman–Crippen MR) is 122 cm³/mol. The van der Waals surface area contributed by atoms with Crippen molar-refractivity contribution in [3.63, 3.8) is 0 Å². The lowest BCUT2D eigenvalue weighted by Crippen LogP contribution is -2.49. The Hall–Kier alpha value is -2.34. The lowest BCUT2D eigenvalue weighted by Gasteiger charge is -2.31. The number of carbonyl (C=O) groups is 1. The van der Waals surface area contributed by atoms with Crippen molar-refractivity contribution < 1.29 is 13.2 Å². The van der Waals surface area contributed by atoms with E-state index < -0.39 is 16.1 Å². The van der Waals surface area contributed by atoms with Crippen molar-refractivity contribution >= 4 is 21.6 Å². The molecular weight excluding hydrogens is 396 g/mol. The Bertz CT molecular complexity index is 1050. The third-order valence-electron chi connectivity index (χ3n) is 6.06. The van der Waals surface area contributed by atoms with Gasteiger partial charge in [0, 0.05) is 0 Å². The summed E-state index contributed by atoms with van der Waals surface area (Å²) in [4.78, 5) is 13.2. The number of aryl methyl sites for hydroxylation is 4. The van der Waals surface area contributed by atoms with Crippen LogP contribution in [-0.2, 0) is 27.7 Å². The minimum Gasteiger partial charge on any atom is -0.348 e. The van der Waals surface area contributed by atoms with Crippen molar-refractivity contribution in [2.24, 2.45) is 0 Å². The van der Waals surface area contributed by atoms with Crippen molar-refractivity contribution in [2.75, 3.05) is 10.6 Å². The molecule has 1 aliphatic carbocycles. The fourth-order valence-electron chi connectivity index (χ4n) is 4.18. The summed E-state index contributed by atoms with van der Waals surface area (Å²) >= 11 is 0. The van der Waals surface area contributed by atoms with E-state index in [0.29, 0.717) is 12.1 Å². The SMILES string of the molecule is CCC(C(=O)NC(C)c1ccc2c(c1)CCC2)N(c1ccc(C)c(C)c1)S(C)(=O)=O. The molecule has 1 amide bonds. The van der Waals surface area contributed by atoms with Gasteiger partial charge in [-0.05, 0) is 86.4 Å². The summed E-state index contributed by atoms with van der Waals surface area (Å²) in [7, 11) is -3.64. The first kappa shape index (κ1) is 22.3. The maximum absolute atomic E-state index is 13.2. The van der Waals surface area contributed by atoms with Crippen LogP contribution in [-0.4, -0.2) is 26.6 Å². The Kier molecular flexibility index (Phi) is 6.56. The summed E-state index contributed by atoms with van der Waals surface area (Å²) in [5.41, 5.74) is 6.39. The molecule has 0 spiro atoms. The van der Waals surface area contributed by atoms with Gasteiger partial charge in [-0.3, -0.25) is 9.10 Å². The molecule has 30 heavy (non-hydrogen) atoms. The molecule has 3 rings (SSSR count). The fourth-order valence-corrected chi connectivity index (χ4v) is 5.38. The Labute approximate surface area is 180 Å². The van der Waals surface area contributed by atoms with Gasteiger partial charge in [-0.15, -0.1) is 0 Å².